The van der Waals surface area contributed by atoms with E-state index in [0.29, 0.717) is 5.82 Å². The van der Waals surface area contributed by atoms with Gasteiger partial charge in [0.15, 0.2) is 5.82 Å². The maximum atomic E-state index is 6.21. The fraction of sp³-hybridized carbons (Fsp3) is 0.222. The van der Waals surface area contributed by atoms with Crippen molar-refractivity contribution < 1.29 is 4.74 Å². The van der Waals surface area contributed by atoms with Crippen molar-refractivity contribution in [3.8, 4) is 5.75 Å². The zero-order valence-corrected chi connectivity index (χ0v) is 13.6. The van der Waals surface area contributed by atoms with Gasteiger partial charge >= 0.3 is 0 Å². The minimum atomic E-state index is -0.317. The smallest absolute Gasteiger partial charge is 0.171 e. The molecule has 3 rings (SSSR count). The molecule has 1 aromatic heterocycles. The lowest BCUT2D eigenvalue weighted by Crippen LogP contribution is -2.13. The number of aromatic nitrogens is 3. The highest BCUT2D eigenvalue weighted by atomic mass is 16.5. The van der Waals surface area contributed by atoms with E-state index in [1.54, 1.807) is 7.11 Å². The number of methoxy groups -OCH3 is 1. The quantitative estimate of drug-likeness (QED) is 0.622. The van der Waals surface area contributed by atoms with Crippen LogP contribution in [0.3, 0.4) is 0 Å². The second-order valence-corrected chi connectivity index (χ2v) is 5.44. The molecule has 0 aliphatic carbocycles. The van der Waals surface area contributed by atoms with Crippen LogP contribution in [0.25, 0.3) is 0 Å². The number of benzene rings is 2. The Hall–Kier alpha value is -2.86. The molecular weight excluding hydrogens is 302 g/mol. The molecule has 24 heavy (non-hydrogen) atoms. The van der Waals surface area contributed by atoms with Gasteiger partial charge in [0.2, 0.25) is 0 Å². The molecule has 0 aliphatic rings. The van der Waals surface area contributed by atoms with E-state index in [1.165, 1.54) is 0 Å². The number of hydrogen-bond acceptors (Lipinski definition) is 5. The highest BCUT2D eigenvalue weighted by Gasteiger charge is 2.13. The van der Waals surface area contributed by atoms with E-state index in [0.717, 1.165) is 35.8 Å². The minimum absolute atomic E-state index is 0.317. The van der Waals surface area contributed by atoms with Crippen LogP contribution < -0.4 is 15.8 Å². The number of nitrogens with one attached hydrogen (secondary N) is 2. The van der Waals surface area contributed by atoms with Gasteiger partial charge in [0.25, 0.3) is 0 Å². The first-order valence-electron chi connectivity index (χ1n) is 7.86. The van der Waals surface area contributed by atoms with Crippen LogP contribution >= 0.6 is 0 Å². The highest BCUT2D eigenvalue weighted by Crippen LogP contribution is 2.17. The van der Waals surface area contributed by atoms with E-state index in [2.05, 4.69) is 20.5 Å². The van der Waals surface area contributed by atoms with Crippen LogP contribution in [0.4, 0.5) is 5.69 Å². The van der Waals surface area contributed by atoms with Gasteiger partial charge in [-0.1, -0.05) is 36.4 Å². The third kappa shape index (κ3) is 3.91. The van der Waals surface area contributed by atoms with Crippen LogP contribution in [-0.2, 0) is 6.42 Å². The summed E-state index contributed by atoms with van der Waals surface area (Å²) in [6, 6.07) is 17.3. The van der Waals surface area contributed by atoms with Gasteiger partial charge in [0.05, 0.1) is 13.2 Å². The molecule has 3 aromatic rings. The maximum Gasteiger partial charge on any atom is 0.171 e. The number of anilines is 1. The van der Waals surface area contributed by atoms with Gasteiger partial charge in [-0.25, -0.2) is 4.98 Å². The summed E-state index contributed by atoms with van der Waals surface area (Å²) in [6.45, 7) is 0.738. The molecule has 6 nitrogen and oxygen atoms in total. The lowest BCUT2D eigenvalue weighted by molar-refractivity contribution is 0.415. The molecule has 0 fully saturated rings. The molecule has 6 heteroatoms. The van der Waals surface area contributed by atoms with Gasteiger partial charge in [-0.15, -0.1) is 0 Å². The molecule has 0 radical (unpaired) electrons. The van der Waals surface area contributed by atoms with Gasteiger partial charge in [0, 0.05) is 24.7 Å². The van der Waals surface area contributed by atoms with Crippen molar-refractivity contribution >= 4 is 5.69 Å². The zero-order valence-electron chi connectivity index (χ0n) is 13.6. The third-order valence-corrected chi connectivity index (χ3v) is 3.75. The van der Waals surface area contributed by atoms with Crippen LogP contribution in [0.1, 0.15) is 23.3 Å². The van der Waals surface area contributed by atoms with Crippen LogP contribution in [0, 0.1) is 0 Å². The lowest BCUT2D eigenvalue weighted by atomic mass is 10.1. The third-order valence-electron chi connectivity index (χ3n) is 3.75. The molecule has 0 aliphatic heterocycles. The zero-order chi connectivity index (χ0) is 16.8. The molecule has 0 amide bonds. The van der Waals surface area contributed by atoms with Crippen LogP contribution in [0.5, 0.6) is 5.75 Å². The van der Waals surface area contributed by atoms with Gasteiger partial charge in [0.1, 0.15) is 11.6 Å². The molecule has 124 valence electrons. The van der Waals surface area contributed by atoms with E-state index in [-0.39, 0.29) is 6.04 Å². The number of ether oxygens (including phenoxy) is 1. The largest absolute Gasteiger partial charge is 0.497 e. The minimum Gasteiger partial charge on any atom is -0.497 e. The summed E-state index contributed by atoms with van der Waals surface area (Å²) in [5.74, 6) is 2.25. The molecule has 0 spiro atoms. The van der Waals surface area contributed by atoms with Crippen molar-refractivity contribution in [2.45, 2.75) is 12.5 Å². The molecule has 0 bridgehead atoms. The predicted molar refractivity (Wildman–Crippen MR) is 94.0 cm³/mol. The summed E-state index contributed by atoms with van der Waals surface area (Å²) in [7, 11) is 1.66. The number of nitrogens with zero attached hydrogens (tertiary/aromatic N) is 2. The fourth-order valence-corrected chi connectivity index (χ4v) is 2.43. The standard InChI is InChI=1S/C18H21N5O/c1-24-15-9-5-8-14(12-15)20-11-10-16-21-18(23-22-16)17(19)13-6-3-2-4-7-13/h2-9,12,17,20H,10-11,19H2,1H3,(H,21,22,23)/t17-/m1/s1. The number of hydrogen-bond donors (Lipinski definition) is 3. The van der Waals surface area contributed by atoms with E-state index >= 15 is 0 Å². The predicted octanol–water partition coefficient (Wildman–Crippen LogP) is 2.52. The Balaban J connectivity index is 1.56. The van der Waals surface area contributed by atoms with Crippen molar-refractivity contribution in [2.24, 2.45) is 5.73 Å². The molecular formula is C18H21N5O. The molecule has 0 unspecified atom stereocenters. The molecule has 2 aromatic carbocycles. The van der Waals surface area contributed by atoms with Gasteiger partial charge in [-0.05, 0) is 17.7 Å². The number of rotatable bonds is 7. The first kappa shape index (κ1) is 16.0. The van der Waals surface area contributed by atoms with Gasteiger partial charge in [-0.2, -0.15) is 5.10 Å². The summed E-state index contributed by atoms with van der Waals surface area (Å²) in [5, 5.41) is 10.5. The summed E-state index contributed by atoms with van der Waals surface area (Å²) in [5.41, 5.74) is 8.21. The van der Waals surface area contributed by atoms with Crippen molar-refractivity contribution in [3.05, 3.63) is 71.8 Å². The van der Waals surface area contributed by atoms with Crippen molar-refractivity contribution in [2.75, 3.05) is 19.0 Å². The van der Waals surface area contributed by atoms with Crippen molar-refractivity contribution in [1.29, 1.82) is 0 Å². The Bertz CT molecular complexity index is 772. The summed E-state index contributed by atoms with van der Waals surface area (Å²) >= 11 is 0. The fourth-order valence-electron chi connectivity index (χ4n) is 2.43. The van der Waals surface area contributed by atoms with E-state index < -0.39 is 0 Å². The van der Waals surface area contributed by atoms with E-state index in [4.69, 9.17) is 10.5 Å². The first-order valence-corrected chi connectivity index (χ1v) is 7.86. The molecule has 0 saturated carbocycles. The number of H-pyrrole nitrogens is 1. The van der Waals surface area contributed by atoms with Crippen LogP contribution in [0.15, 0.2) is 54.6 Å². The molecule has 1 atom stereocenters. The Morgan fingerprint density at radius 1 is 1.17 bits per heavy atom. The number of aromatic amines is 1. The highest BCUT2D eigenvalue weighted by molar-refractivity contribution is 5.48. The second-order valence-electron chi connectivity index (χ2n) is 5.44. The Kier molecular flexibility index (Phi) is 5.08. The first-order chi connectivity index (χ1) is 11.8. The summed E-state index contributed by atoms with van der Waals surface area (Å²) in [4.78, 5) is 4.50. The molecule has 0 saturated heterocycles. The average Bonchev–Trinajstić information content (AvgIpc) is 3.11. The Morgan fingerprint density at radius 3 is 2.79 bits per heavy atom. The topological polar surface area (TPSA) is 88.8 Å². The summed E-state index contributed by atoms with van der Waals surface area (Å²) < 4.78 is 5.21. The molecule has 4 N–H and O–H groups in total. The van der Waals surface area contributed by atoms with Crippen molar-refractivity contribution in [3.63, 3.8) is 0 Å². The lowest BCUT2D eigenvalue weighted by Gasteiger charge is -2.07. The van der Waals surface area contributed by atoms with Gasteiger partial charge < -0.3 is 15.8 Å². The van der Waals surface area contributed by atoms with Crippen LogP contribution in [0.2, 0.25) is 0 Å². The van der Waals surface area contributed by atoms with Crippen molar-refractivity contribution in [1.82, 2.24) is 15.2 Å². The van der Waals surface area contributed by atoms with E-state index in [1.807, 2.05) is 54.6 Å². The SMILES string of the molecule is COc1cccc(NCCc2nc([C@H](N)c3ccccc3)n[nH]2)c1. The Morgan fingerprint density at radius 2 is 2.00 bits per heavy atom. The second kappa shape index (κ2) is 7.61. The van der Waals surface area contributed by atoms with Crippen LogP contribution in [-0.4, -0.2) is 28.8 Å². The summed E-state index contributed by atoms with van der Waals surface area (Å²) in [6.07, 6.45) is 0.728. The van der Waals surface area contributed by atoms with Gasteiger partial charge in [-0.3, -0.25) is 5.10 Å². The number of nitrogens with two attached hydrogens (primary N) is 1. The van der Waals surface area contributed by atoms with E-state index in [9.17, 15) is 0 Å². The monoisotopic (exact) mass is 323 g/mol. The molecule has 1 heterocycles. The Labute approximate surface area is 141 Å². The maximum absolute atomic E-state index is 6.21. The normalized spacial score (nSPS) is 11.9. The average molecular weight is 323 g/mol.